The van der Waals surface area contributed by atoms with Crippen LogP contribution in [0, 0.1) is 5.41 Å². The molecule has 0 aromatic heterocycles. The van der Waals surface area contributed by atoms with Gasteiger partial charge in [-0.25, -0.2) is 0 Å². The molecular formula is C50H57N3S. The molecular weight excluding hydrogens is 675 g/mol. The molecule has 6 aromatic rings. The van der Waals surface area contributed by atoms with Gasteiger partial charge in [0.2, 0.25) is 0 Å². The van der Waals surface area contributed by atoms with E-state index in [1.165, 1.54) is 56.2 Å². The number of benzene rings is 6. The maximum Gasteiger partial charge on any atom is 0.0250 e. The Kier molecular flexibility index (Phi) is 21.3. The summed E-state index contributed by atoms with van der Waals surface area (Å²) in [6, 6.07) is 47.0. The first-order valence-corrected chi connectivity index (χ1v) is 19.2. The fourth-order valence-electron chi connectivity index (χ4n) is 5.40. The zero-order valence-corrected chi connectivity index (χ0v) is 33.6. The predicted molar refractivity (Wildman–Crippen MR) is 246 cm³/mol. The maximum absolute atomic E-state index is 7.09. The summed E-state index contributed by atoms with van der Waals surface area (Å²) in [6.07, 6.45) is 18.0. The van der Waals surface area contributed by atoms with Crippen LogP contribution in [-0.4, -0.2) is 19.5 Å². The van der Waals surface area contributed by atoms with E-state index < -0.39 is 0 Å². The second-order valence-corrected chi connectivity index (χ2v) is 11.7. The number of hydrogen-bond donors (Lipinski definition) is 4. The Morgan fingerprint density at radius 1 is 0.667 bits per heavy atom. The highest BCUT2D eigenvalue weighted by Crippen LogP contribution is 2.30. The van der Waals surface area contributed by atoms with Gasteiger partial charge < -0.3 is 16.5 Å². The van der Waals surface area contributed by atoms with E-state index in [9.17, 15) is 0 Å². The van der Waals surface area contributed by atoms with Gasteiger partial charge in [-0.15, -0.1) is 0 Å². The Morgan fingerprint density at radius 3 is 1.70 bits per heavy atom. The third-order valence-electron chi connectivity index (χ3n) is 8.30. The van der Waals surface area contributed by atoms with Crippen molar-refractivity contribution in [2.75, 3.05) is 13.3 Å². The van der Waals surface area contributed by atoms with E-state index in [-0.39, 0.29) is 0 Å². The number of nitrogens with one attached hydrogen (secondary N) is 2. The molecule has 4 heteroatoms. The Balaban J connectivity index is 0.000000375. The summed E-state index contributed by atoms with van der Waals surface area (Å²) in [5.74, 6) is 0.350. The van der Waals surface area contributed by atoms with Gasteiger partial charge >= 0.3 is 0 Å². The lowest BCUT2D eigenvalue weighted by atomic mass is 9.90. The van der Waals surface area contributed by atoms with Crippen LogP contribution in [0.15, 0.2) is 189 Å². The van der Waals surface area contributed by atoms with Crippen LogP contribution in [0.5, 0.6) is 0 Å². The highest BCUT2D eigenvalue weighted by atomic mass is 32.1. The minimum atomic E-state index is 0.350. The van der Waals surface area contributed by atoms with E-state index in [0.717, 1.165) is 16.7 Å². The highest BCUT2D eigenvalue weighted by molar-refractivity contribution is 7.79. The standard InChI is InChI=1S/C31H29N.C11H9N.C5H9N.C2H6.CH4S/c1-23(8-6-7-21-32-3)25-11-15-28(16-12-25)29-17-13-26(14-18-29)24(2)30-20-19-27-9-4-5-10-31(27)22-30;12-8-9-5-6-10-3-1-2-4-11(10)7-9;1-2-3-4-5-6;2*1-2/h4-22,24,32H,1H2,2-3H3;1-8,12H;2-5H,6H2,1H3;1-2H3;2H,1H3/b8-6-,21-7-;;3-2-,5-4-;;. The van der Waals surface area contributed by atoms with Crippen molar-refractivity contribution in [3.63, 3.8) is 0 Å². The summed E-state index contributed by atoms with van der Waals surface area (Å²) in [5.41, 5.74) is 13.2. The van der Waals surface area contributed by atoms with E-state index in [4.69, 9.17) is 11.1 Å². The first-order chi connectivity index (χ1) is 26.5. The highest BCUT2D eigenvalue weighted by Gasteiger charge is 2.10. The molecule has 0 amide bonds. The fourth-order valence-corrected chi connectivity index (χ4v) is 5.40. The number of nitrogens with two attached hydrogens (primary N) is 1. The molecule has 1 atom stereocenters. The minimum Gasteiger partial charge on any atom is -0.405 e. The average molecular weight is 732 g/mol. The van der Waals surface area contributed by atoms with Gasteiger partial charge in [0.1, 0.15) is 0 Å². The fraction of sp³-hybridized carbons (Fsp3) is 0.140. The second kappa shape index (κ2) is 26.0. The van der Waals surface area contributed by atoms with Crippen molar-refractivity contribution >= 4 is 46.0 Å². The van der Waals surface area contributed by atoms with Crippen molar-refractivity contribution < 1.29 is 0 Å². The lowest BCUT2D eigenvalue weighted by Crippen LogP contribution is -1.96. The van der Waals surface area contributed by atoms with Crippen molar-refractivity contribution in [2.45, 2.75) is 33.6 Å². The Bertz CT molecular complexity index is 2090. The molecule has 0 bridgehead atoms. The zero-order chi connectivity index (χ0) is 39.6. The first-order valence-electron chi connectivity index (χ1n) is 18.3. The molecule has 0 heterocycles. The van der Waals surface area contributed by atoms with Crippen molar-refractivity contribution in [1.29, 1.82) is 5.41 Å². The molecule has 54 heavy (non-hydrogen) atoms. The van der Waals surface area contributed by atoms with Crippen molar-refractivity contribution in [3.8, 4) is 11.1 Å². The first kappa shape index (κ1) is 44.3. The second-order valence-electron chi connectivity index (χ2n) is 11.7. The number of hydrogen-bond acceptors (Lipinski definition) is 4. The molecule has 6 aromatic carbocycles. The van der Waals surface area contributed by atoms with Crippen molar-refractivity contribution in [1.82, 2.24) is 5.32 Å². The minimum absolute atomic E-state index is 0.350. The summed E-state index contributed by atoms with van der Waals surface area (Å²) in [7, 11) is 1.88. The van der Waals surface area contributed by atoms with Crippen molar-refractivity contribution in [2.24, 2.45) is 5.73 Å². The van der Waals surface area contributed by atoms with E-state index in [1.54, 1.807) is 12.3 Å². The van der Waals surface area contributed by atoms with E-state index in [2.05, 4.69) is 135 Å². The van der Waals surface area contributed by atoms with E-state index >= 15 is 0 Å². The third-order valence-corrected chi connectivity index (χ3v) is 8.30. The van der Waals surface area contributed by atoms with Crippen molar-refractivity contribution in [3.05, 3.63) is 211 Å². The van der Waals surface area contributed by atoms with Gasteiger partial charge in [0.15, 0.2) is 0 Å². The molecule has 3 nitrogen and oxygen atoms in total. The lowest BCUT2D eigenvalue weighted by Gasteiger charge is -2.14. The van der Waals surface area contributed by atoms with Crippen LogP contribution in [0.4, 0.5) is 0 Å². The average Bonchev–Trinajstić information content (AvgIpc) is 3.25. The molecule has 4 N–H and O–H groups in total. The van der Waals surface area contributed by atoms with Gasteiger partial charge in [0.05, 0.1) is 0 Å². The van der Waals surface area contributed by atoms with Crippen LogP contribution in [-0.2, 0) is 0 Å². The quantitative estimate of drug-likeness (QED) is 0.0680. The van der Waals surface area contributed by atoms with Crippen LogP contribution < -0.4 is 11.1 Å². The molecule has 1 unspecified atom stereocenters. The summed E-state index contributed by atoms with van der Waals surface area (Å²) < 4.78 is 0. The Labute approximate surface area is 330 Å². The Hall–Kier alpha value is -5.84. The molecule has 0 radical (unpaired) electrons. The van der Waals surface area contributed by atoms with Crippen LogP contribution in [0.25, 0.3) is 38.2 Å². The largest absolute Gasteiger partial charge is 0.405 e. The molecule has 0 fully saturated rings. The monoisotopic (exact) mass is 731 g/mol. The molecule has 0 spiro atoms. The normalized spacial score (nSPS) is 11.1. The van der Waals surface area contributed by atoms with Crippen LogP contribution in [0.2, 0.25) is 0 Å². The molecule has 0 aliphatic carbocycles. The van der Waals surface area contributed by atoms with E-state index in [0.29, 0.717) is 5.92 Å². The number of rotatable bonds is 9. The Morgan fingerprint density at radius 2 is 1.19 bits per heavy atom. The summed E-state index contributed by atoms with van der Waals surface area (Å²) in [5, 5.41) is 15.1. The smallest absolute Gasteiger partial charge is 0.0250 e. The van der Waals surface area contributed by atoms with Crippen LogP contribution in [0.3, 0.4) is 0 Å². The molecule has 0 aliphatic rings. The molecule has 0 saturated carbocycles. The van der Waals surface area contributed by atoms with Gasteiger partial charge in [-0.3, -0.25) is 0 Å². The molecule has 6 rings (SSSR count). The molecule has 0 saturated heterocycles. The SMILES string of the molecule is C/C=C\C=C/N.C=C(/C=C\C=C/NC)c1ccc(-c2ccc(C(C)c3ccc4ccccc4c3)cc2)cc1.CC.CS.N=Cc1ccc2ccccc2c1. The van der Waals surface area contributed by atoms with Gasteiger partial charge in [0.25, 0.3) is 0 Å². The topological polar surface area (TPSA) is 61.9 Å². The number of fused-ring (bicyclic) bond motifs is 2. The van der Waals surface area contributed by atoms with Gasteiger partial charge in [-0.05, 0) is 104 Å². The van der Waals surface area contributed by atoms with Gasteiger partial charge in [-0.1, -0.05) is 179 Å². The third kappa shape index (κ3) is 14.3. The van der Waals surface area contributed by atoms with Crippen LogP contribution >= 0.6 is 12.6 Å². The van der Waals surface area contributed by atoms with Gasteiger partial charge in [-0.2, -0.15) is 12.6 Å². The lowest BCUT2D eigenvalue weighted by molar-refractivity contribution is 0.925. The molecule has 0 aliphatic heterocycles. The van der Waals surface area contributed by atoms with Crippen LogP contribution in [0.1, 0.15) is 55.9 Å². The molecule has 278 valence electrons. The number of thiol groups is 1. The predicted octanol–water partition coefficient (Wildman–Crippen LogP) is 13.4. The summed E-state index contributed by atoms with van der Waals surface area (Å²) in [4.78, 5) is 0. The zero-order valence-electron chi connectivity index (χ0n) is 32.7. The maximum atomic E-state index is 7.09. The number of allylic oxidation sites excluding steroid dienone is 7. The van der Waals surface area contributed by atoms with E-state index in [1.807, 2.05) is 94.7 Å². The summed E-state index contributed by atoms with van der Waals surface area (Å²) >= 11 is 3.53. The summed E-state index contributed by atoms with van der Waals surface area (Å²) in [6.45, 7) is 12.4. The van der Waals surface area contributed by atoms with Gasteiger partial charge in [0, 0.05) is 19.2 Å².